The Hall–Kier alpha value is -3.35. The van der Waals surface area contributed by atoms with Crippen LogP contribution in [0.2, 0.25) is 0 Å². The molecule has 0 fully saturated rings. The van der Waals surface area contributed by atoms with Crippen LogP contribution in [0.15, 0.2) is 30.3 Å². The lowest BCUT2D eigenvalue weighted by molar-refractivity contribution is -0.385. The Labute approximate surface area is 137 Å². The number of aromatic hydroxyl groups is 2. The molecule has 2 aromatic carbocycles. The molecule has 0 aliphatic heterocycles. The molecule has 0 aliphatic rings. The Kier molecular flexibility index (Phi) is 4.54. The van der Waals surface area contributed by atoms with Crippen molar-refractivity contribution in [3.8, 4) is 11.5 Å². The van der Waals surface area contributed by atoms with Crippen LogP contribution >= 0.6 is 0 Å². The molecule has 2 aromatic rings. The minimum Gasteiger partial charge on any atom is -0.507 e. The predicted octanol–water partition coefficient (Wildman–Crippen LogP) is 3.25. The highest BCUT2D eigenvalue weighted by Gasteiger charge is 2.19. The standard InChI is InChI=1S/C17H15NO6/c1-9-3-4-11(5-10(9)2)13(17(21)22)6-12-7-14(18(23)24)16(20)8-15(12)19/h3-8,19-20H,1-2H3,(H,21,22)/b13-6-. The van der Waals surface area contributed by atoms with E-state index in [1.807, 2.05) is 13.8 Å². The zero-order valence-electron chi connectivity index (χ0n) is 13.0. The molecule has 0 unspecified atom stereocenters. The van der Waals surface area contributed by atoms with Gasteiger partial charge in [-0.2, -0.15) is 0 Å². The first-order valence-electron chi connectivity index (χ1n) is 6.93. The van der Waals surface area contributed by atoms with Crippen molar-refractivity contribution in [2.45, 2.75) is 13.8 Å². The number of aliphatic carboxylic acids is 1. The summed E-state index contributed by atoms with van der Waals surface area (Å²) in [6, 6.07) is 6.80. The fourth-order valence-electron chi connectivity index (χ4n) is 2.18. The van der Waals surface area contributed by atoms with Crippen LogP contribution in [0.1, 0.15) is 22.3 Å². The Morgan fingerprint density at radius 3 is 2.29 bits per heavy atom. The van der Waals surface area contributed by atoms with Gasteiger partial charge < -0.3 is 15.3 Å². The Morgan fingerprint density at radius 2 is 1.75 bits per heavy atom. The second-order valence-electron chi connectivity index (χ2n) is 5.32. The molecule has 7 heteroatoms. The van der Waals surface area contributed by atoms with Crippen LogP contribution in [-0.4, -0.2) is 26.2 Å². The maximum atomic E-state index is 11.6. The number of nitro benzene ring substituents is 1. The van der Waals surface area contributed by atoms with Gasteiger partial charge in [0.05, 0.1) is 10.5 Å². The summed E-state index contributed by atoms with van der Waals surface area (Å²) < 4.78 is 0. The third-order valence-corrected chi connectivity index (χ3v) is 3.67. The summed E-state index contributed by atoms with van der Waals surface area (Å²) in [6.45, 7) is 3.72. The number of nitro groups is 1. The van der Waals surface area contributed by atoms with E-state index in [9.17, 15) is 30.2 Å². The molecule has 0 bridgehead atoms. The largest absolute Gasteiger partial charge is 0.507 e. The number of hydrogen-bond donors (Lipinski definition) is 3. The number of phenols is 2. The number of rotatable bonds is 4. The summed E-state index contributed by atoms with van der Waals surface area (Å²) in [4.78, 5) is 21.6. The summed E-state index contributed by atoms with van der Waals surface area (Å²) in [5.74, 6) is -2.40. The molecule has 0 amide bonds. The monoisotopic (exact) mass is 329 g/mol. The van der Waals surface area contributed by atoms with E-state index in [-0.39, 0.29) is 11.1 Å². The second-order valence-corrected chi connectivity index (χ2v) is 5.32. The van der Waals surface area contributed by atoms with Crippen molar-refractivity contribution >= 4 is 23.3 Å². The van der Waals surface area contributed by atoms with E-state index < -0.39 is 28.1 Å². The second kappa shape index (κ2) is 6.41. The van der Waals surface area contributed by atoms with Crippen LogP contribution in [-0.2, 0) is 4.79 Å². The van der Waals surface area contributed by atoms with Crippen molar-refractivity contribution in [1.82, 2.24) is 0 Å². The number of carbonyl (C=O) groups is 1. The lowest BCUT2D eigenvalue weighted by Gasteiger charge is -2.08. The van der Waals surface area contributed by atoms with Gasteiger partial charge in [-0.05, 0) is 36.6 Å². The zero-order chi connectivity index (χ0) is 18.0. The van der Waals surface area contributed by atoms with Crippen LogP contribution in [0.25, 0.3) is 11.6 Å². The van der Waals surface area contributed by atoms with Crippen LogP contribution in [0.4, 0.5) is 5.69 Å². The molecule has 7 nitrogen and oxygen atoms in total. The van der Waals surface area contributed by atoms with Gasteiger partial charge in [0.1, 0.15) is 5.75 Å². The first-order valence-corrected chi connectivity index (χ1v) is 6.93. The van der Waals surface area contributed by atoms with E-state index in [1.165, 1.54) is 0 Å². The molecule has 0 aliphatic carbocycles. The van der Waals surface area contributed by atoms with Crippen molar-refractivity contribution in [3.05, 3.63) is 62.7 Å². The maximum Gasteiger partial charge on any atom is 0.336 e. The summed E-state index contributed by atoms with van der Waals surface area (Å²) >= 11 is 0. The quantitative estimate of drug-likeness (QED) is 0.343. The number of nitrogens with zero attached hydrogens (tertiary/aromatic N) is 1. The van der Waals surface area contributed by atoms with Crippen molar-refractivity contribution in [3.63, 3.8) is 0 Å². The summed E-state index contributed by atoms with van der Waals surface area (Å²) in [5.41, 5.74) is 1.46. The van der Waals surface area contributed by atoms with Gasteiger partial charge in [0.2, 0.25) is 0 Å². The average molecular weight is 329 g/mol. The first kappa shape index (κ1) is 17.0. The molecule has 0 saturated carbocycles. The van der Waals surface area contributed by atoms with Crippen molar-refractivity contribution in [1.29, 1.82) is 0 Å². The Bertz CT molecular complexity index is 870. The van der Waals surface area contributed by atoms with E-state index in [0.717, 1.165) is 29.3 Å². The van der Waals surface area contributed by atoms with Gasteiger partial charge >= 0.3 is 11.7 Å². The van der Waals surface area contributed by atoms with Gasteiger partial charge in [-0.3, -0.25) is 10.1 Å². The van der Waals surface area contributed by atoms with Gasteiger partial charge in [-0.25, -0.2) is 4.79 Å². The molecule has 0 spiro atoms. The maximum absolute atomic E-state index is 11.6. The molecular weight excluding hydrogens is 314 g/mol. The van der Waals surface area contributed by atoms with E-state index in [2.05, 4.69) is 0 Å². The van der Waals surface area contributed by atoms with Gasteiger partial charge in [0.15, 0.2) is 5.75 Å². The minimum atomic E-state index is -1.24. The summed E-state index contributed by atoms with van der Waals surface area (Å²) in [5, 5.41) is 39.7. The minimum absolute atomic E-state index is 0.0740. The molecule has 0 atom stereocenters. The molecular formula is C17H15NO6. The number of hydrogen-bond acceptors (Lipinski definition) is 5. The molecule has 124 valence electrons. The van der Waals surface area contributed by atoms with E-state index in [0.29, 0.717) is 5.56 Å². The van der Waals surface area contributed by atoms with Gasteiger partial charge in [-0.1, -0.05) is 18.2 Å². The SMILES string of the molecule is Cc1ccc(/C(=C/c2cc([N+](=O)[O-])c(O)cc2O)C(=O)O)cc1C. The van der Waals surface area contributed by atoms with E-state index in [4.69, 9.17) is 0 Å². The van der Waals surface area contributed by atoms with Crippen molar-refractivity contribution in [2.24, 2.45) is 0 Å². The average Bonchev–Trinajstić information content (AvgIpc) is 2.48. The highest BCUT2D eigenvalue weighted by molar-refractivity contribution is 6.20. The molecule has 24 heavy (non-hydrogen) atoms. The van der Waals surface area contributed by atoms with Crippen molar-refractivity contribution in [2.75, 3.05) is 0 Å². The first-order chi connectivity index (χ1) is 11.2. The smallest absolute Gasteiger partial charge is 0.336 e. The zero-order valence-corrected chi connectivity index (χ0v) is 13.0. The normalized spacial score (nSPS) is 11.3. The molecule has 0 heterocycles. The Morgan fingerprint density at radius 1 is 1.08 bits per heavy atom. The fraction of sp³-hybridized carbons (Fsp3) is 0.118. The fourth-order valence-corrected chi connectivity index (χ4v) is 2.18. The predicted molar refractivity (Wildman–Crippen MR) is 87.8 cm³/mol. The number of carboxylic acid groups (broad SMARTS) is 1. The molecule has 0 saturated heterocycles. The van der Waals surface area contributed by atoms with Gasteiger partial charge in [-0.15, -0.1) is 0 Å². The van der Waals surface area contributed by atoms with E-state index >= 15 is 0 Å². The Balaban J connectivity index is 2.64. The third kappa shape index (κ3) is 3.35. The highest BCUT2D eigenvalue weighted by atomic mass is 16.6. The third-order valence-electron chi connectivity index (χ3n) is 3.67. The van der Waals surface area contributed by atoms with Crippen LogP contribution in [0.5, 0.6) is 11.5 Å². The number of aryl methyl sites for hydroxylation is 2. The number of carboxylic acids is 1. The van der Waals surface area contributed by atoms with Gasteiger partial charge in [0.25, 0.3) is 0 Å². The molecule has 2 rings (SSSR count). The molecule has 0 radical (unpaired) electrons. The summed E-state index contributed by atoms with van der Waals surface area (Å²) in [7, 11) is 0. The lowest BCUT2D eigenvalue weighted by Crippen LogP contribution is -2.01. The van der Waals surface area contributed by atoms with Crippen molar-refractivity contribution < 1.29 is 25.0 Å². The highest BCUT2D eigenvalue weighted by Crippen LogP contribution is 2.35. The van der Waals surface area contributed by atoms with Gasteiger partial charge in [0, 0.05) is 17.7 Å². The van der Waals surface area contributed by atoms with Crippen LogP contribution < -0.4 is 0 Å². The molecule has 3 N–H and O–H groups in total. The van der Waals surface area contributed by atoms with Crippen LogP contribution in [0.3, 0.4) is 0 Å². The number of benzene rings is 2. The van der Waals surface area contributed by atoms with E-state index in [1.54, 1.807) is 18.2 Å². The topological polar surface area (TPSA) is 121 Å². The molecule has 0 aromatic heterocycles. The lowest BCUT2D eigenvalue weighted by atomic mass is 9.98. The summed E-state index contributed by atoms with van der Waals surface area (Å²) in [6.07, 6.45) is 1.13. The number of phenolic OH excluding ortho intramolecular Hbond substituents is 2. The van der Waals surface area contributed by atoms with Crippen LogP contribution in [0, 0.1) is 24.0 Å².